The van der Waals surface area contributed by atoms with Crippen molar-refractivity contribution in [1.82, 2.24) is 4.90 Å². The normalized spacial score (nSPS) is 15.7. The van der Waals surface area contributed by atoms with Crippen LogP contribution in [0.1, 0.15) is 22.7 Å². The molecular weight excluding hydrogens is 426 g/mol. The number of nitrogens with zero attached hydrogens (tertiary/aromatic N) is 1. The number of rotatable bonds is 9. The summed E-state index contributed by atoms with van der Waals surface area (Å²) >= 11 is 0. The third kappa shape index (κ3) is 4.99. The lowest BCUT2D eigenvalue weighted by Crippen LogP contribution is -2.30. The summed E-state index contributed by atoms with van der Waals surface area (Å²) in [6.45, 7) is 4.27. The maximum Gasteiger partial charge on any atom is 0.290 e. The number of allylic oxidation sites excluding steroid dienone is 1. The van der Waals surface area contributed by atoms with Crippen LogP contribution < -0.4 is 4.74 Å². The molecule has 5 heteroatoms. The molecule has 1 atom stereocenters. The Bertz CT molecular complexity index is 1230. The molecule has 1 aliphatic rings. The Morgan fingerprint density at radius 1 is 0.971 bits per heavy atom. The minimum atomic E-state index is -0.728. The van der Waals surface area contributed by atoms with E-state index in [2.05, 4.69) is 6.58 Å². The second kappa shape index (κ2) is 10.5. The molecule has 0 spiro atoms. The third-order valence-electron chi connectivity index (χ3n) is 5.56. The van der Waals surface area contributed by atoms with Gasteiger partial charge >= 0.3 is 0 Å². The zero-order valence-electron chi connectivity index (χ0n) is 18.6. The lowest BCUT2D eigenvalue weighted by atomic mass is 9.95. The number of benzene rings is 3. The van der Waals surface area contributed by atoms with Crippen LogP contribution in [0.3, 0.4) is 0 Å². The molecule has 1 amide bonds. The van der Waals surface area contributed by atoms with Crippen LogP contribution in [0, 0.1) is 0 Å². The summed E-state index contributed by atoms with van der Waals surface area (Å²) in [4.78, 5) is 27.9. The van der Waals surface area contributed by atoms with Gasteiger partial charge in [0.2, 0.25) is 0 Å². The van der Waals surface area contributed by atoms with Crippen molar-refractivity contribution in [2.24, 2.45) is 0 Å². The molecule has 3 aromatic rings. The fourth-order valence-electron chi connectivity index (χ4n) is 3.92. The quantitative estimate of drug-likeness (QED) is 0.348. The van der Waals surface area contributed by atoms with Gasteiger partial charge in [-0.15, -0.1) is 0 Å². The Balaban J connectivity index is 1.69. The van der Waals surface area contributed by atoms with E-state index in [0.717, 1.165) is 11.1 Å². The molecule has 4 rings (SSSR count). The molecule has 0 aromatic heterocycles. The van der Waals surface area contributed by atoms with Crippen LogP contribution in [0.2, 0.25) is 0 Å². The second-order valence-electron chi connectivity index (χ2n) is 7.86. The van der Waals surface area contributed by atoms with Crippen LogP contribution in [-0.2, 0) is 16.1 Å². The number of amides is 1. The summed E-state index contributed by atoms with van der Waals surface area (Å²) in [7, 11) is 0. The van der Waals surface area contributed by atoms with E-state index in [1.807, 2.05) is 60.7 Å². The molecule has 0 saturated heterocycles. The number of carbonyl (C=O) groups is 2. The van der Waals surface area contributed by atoms with Gasteiger partial charge in [-0.2, -0.15) is 0 Å². The van der Waals surface area contributed by atoms with Crippen molar-refractivity contribution in [2.45, 2.75) is 12.6 Å². The van der Waals surface area contributed by atoms with Crippen molar-refractivity contribution in [3.63, 3.8) is 0 Å². The van der Waals surface area contributed by atoms with Gasteiger partial charge in [-0.1, -0.05) is 91.5 Å². The predicted octanol–water partition coefficient (Wildman–Crippen LogP) is 5.43. The average Bonchev–Trinajstić information content (AvgIpc) is 3.12. The molecule has 1 aliphatic heterocycles. The van der Waals surface area contributed by atoms with Gasteiger partial charge in [-0.25, -0.2) is 0 Å². The summed E-state index contributed by atoms with van der Waals surface area (Å²) in [5.74, 6) is -0.859. The lowest BCUT2D eigenvalue weighted by Gasteiger charge is -2.27. The summed E-state index contributed by atoms with van der Waals surface area (Å²) in [5.41, 5.74) is 2.51. The van der Waals surface area contributed by atoms with Crippen molar-refractivity contribution < 1.29 is 19.4 Å². The molecule has 0 fully saturated rings. The van der Waals surface area contributed by atoms with E-state index in [4.69, 9.17) is 4.74 Å². The van der Waals surface area contributed by atoms with Crippen LogP contribution in [-0.4, -0.2) is 28.3 Å². The Morgan fingerprint density at radius 3 is 2.26 bits per heavy atom. The van der Waals surface area contributed by atoms with E-state index in [1.165, 1.54) is 11.0 Å². The van der Waals surface area contributed by atoms with Gasteiger partial charge < -0.3 is 14.7 Å². The van der Waals surface area contributed by atoms with Gasteiger partial charge in [0.15, 0.2) is 11.5 Å². The van der Waals surface area contributed by atoms with Crippen molar-refractivity contribution in [3.05, 3.63) is 132 Å². The van der Waals surface area contributed by atoms with Crippen LogP contribution >= 0.6 is 0 Å². The van der Waals surface area contributed by atoms with Gasteiger partial charge in [-0.05, 0) is 34.9 Å². The molecule has 34 heavy (non-hydrogen) atoms. The van der Waals surface area contributed by atoms with Gasteiger partial charge in [-0.3, -0.25) is 9.59 Å². The van der Waals surface area contributed by atoms with E-state index in [0.29, 0.717) is 17.9 Å². The van der Waals surface area contributed by atoms with Crippen LogP contribution in [0.4, 0.5) is 0 Å². The van der Waals surface area contributed by atoms with Crippen molar-refractivity contribution in [2.75, 3.05) is 6.61 Å². The first-order valence-electron chi connectivity index (χ1n) is 11.0. The third-order valence-corrected chi connectivity index (χ3v) is 5.56. The van der Waals surface area contributed by atoms with Crippen LogP contribution in [0.5, 0.6) is 5.75 Å². The molecular formula is C29H25NO4. The number of hydrogen-bond donors (Lipinski definition) is 1. The van der Waals surface area contributed by atoms with Gasteiger partial charge in [0.1, 0.15) is 12.4 Å². The maximum atomic E-state index is 13.2. The molecule has 1 unspecified atom stereocenters. The first-order valence-corrected chi connectivity index (χ1v) is 11.0. The van der Waals surface area contributed by atoms with E-state index in [-0.39, 0.29) is 12.1 Å². The second-order valence-corrected chi connectivity index (χ2v) is 7.86. The Morgan fingerprint density at radius 2 is 1.62 bits per heavy atom. The summed E-state index contributed by atoms with van der Waals surface area (Å²) in [6, 6.07) is 25.3. The molecule has 1 N–H and O–H groups in total. The van der Waals surface area contributed by atoms with Crippen LogP contribution in [0.25, 0.3) is 6.08 Å². The van der Waals surface area contributed by atoms with E-state index >= 15 is 0 Å². The monoisotopic (exact) mass is 451 g/mol. The predicted molar refractivity (Wildman–Crippen MR) is 132 cm³/mol. The summed E-state index contributed by atoms with van der Waals surface area (Å²) in [5, 5.41) is 10.8. The molecule has 0 bridgehead atoms. The Kier molecular flexibility index (Phi) is 7.04. The zero-order valence-corrected chi connectivity index (χ0v) is 18.6. The minimum absolute atomic E-state index is 0.0628. The fraction of sp³-hybridized carbons (Fsp3) is 0.103. The molecule has 1 heterocycles. The standard InChI is InChI=1S/C29H25NO4/c1-2-19-34-24-16-14-23(15-17-24)27-26(25(31)18-13-21-9-5-3-6-10-21)28(32)29(33)30(27)20-22-11-7-4-8-12-22/h2-18,27,32H,1,19-20H2. The lowest BCUT2D eigenvalue weighted by molar-refractivity contribution is -0.130. The average molecular weight is 452 g/mol. The number of ketones is 1. The number of ether oxygens (including phenoxy) is 1. The van der Waals surface area contributed by atoms with Gasteiger partial charge in [0.05, 0.1) is 11.6 Å². The number of hydrogen-bond acceptors (Lipinski definition) is 4. The number of aliphatic hydroxyl groups excluding tert-OH is 1. The number of aliphatic hydroxyl groups is 1. The van der Waals surface area contributed by atoms with E-state index < -0.39 is 23.5 Å². The van der Waals surface area contributed by atoms with Crippen molar-refractivity contribution >= 4 is 17.8 Å². The highest BCUT2D eigenvalue weighted by molar-refractivity contribution is 6.14. The first kappa shape index (κ1) is 22.8. The molecule has 170 valence electrons. The smallest absolute Gasteiger partial charge is 0.290 e. The molecule has 0 saturated carbocycles. The van der Waals surface area contributed by atoms with E-state index in [9.17, 15) is 14.7 Å². The summed E-state index contributed by atoms with van der Waals surface area (Å²) in [6.07, 6.45) is 4.73. The molecule has 0 aliphatic carbocycles. The maximum absolute atomic E-state index is 13.2. The Labute approximate surface area is 198 Å². The highest BCUT2D eigenvalue weighted by Crippen LogP contribution is 2.39. The molecule has 0 radical (unpaired) electrons. The van der Waals surface area contributed by atoms with Crippen molar-refractivity contribution in [3.8, 4) is 5.75 Å². The van der Waals surface area contributed by atoms with Gasteiger partial charge in [0, 0.05) is 6.54 Å². The topological polar surface area (TPSA) is 66.8 Å². The summed E-state index contributed by atoms with van der Waals surface area (Å²) < 4.78 is 5.56. The Hall–Kier alpha value is -4.38. The zero-order chi connectivity index (χ0) is 23.9. The highest BCUT2D eigenvalue weighted by Gasteiger charge is 2.42. The highest BCUT2D eigenvalue weighted by atomic mass is 16.5. The number of carbonyl (C=O) groups excluding carboxylic acids is 2. The van der Waals surface area contributed by atoms with Gasteiger partial charge in [0.25, 0.3) is 5.91 Å². The van der Waals surface area contributed by atoms with E-state index in [1.54, 1.807) is 36.4 Å². The van der Waals surface area contributed by atoms with Crippen LogP contribution in [0.15, 0.2) is 115 Å². The van der Waals surface area contributed by atoms with Crippen molar-refractivity contribution in [1.29, 1.82) is 0 Å². The molecule has 3 aromatic carbocycles. The molecule has 5 nitrogen and oxygen atoms in total. The SMILES string of the molecule is C=CCOc1ccc(C2C(C(=O)C=Cc3ccccc3)=C(O)C(=O)N2Cc2ccccc2)cc1. The minimum Gasteiger partial charge on any atom is -0.503 e. The first-order chi connectivity index (χ1) is 16.6. The largest absolute Gasteiger partial charge is 0.503 e. The fourth-order valence-corrected chi connectivity index (χ4v) is 3.92.